The standard InChI is InChI=1S/C10H17O5/c1-7(13-3)5-10(12)15-8(2)6-9(11)14-4/h6-8H,5H2,1-4H3. The fraction of sp³-hybridized carbons (Fsp3) is 0.700. The Bertz CT molecular complexity index is 214. The average Bonchev–Trinajstić information content (AvgIpc) is 2.16. The van der Waals surface area contributed by atoms with Gasteiger partial charge in [-0.1, -0.05) is 0 Å². The first-order chi connectivity index (χ1) is 6.99. The maximum absolute atomic E-state index is 11.2. The molecule has 0 N–H and O–H groups in total. The van der Waals surface area contributed by atoms with Gasteiger partial charge in [0.2, 0.25) is 0 Å². The van der Waals surface area contributed by atoms with Crippen LogP contribution in [-0.2, 0) is 23.8 Å². The summed E-state index contributed by atoms with van der Waals surface area (Å²) in [7, 11) is 2.78. The summed E-state index contributed by atoms with van der Waals surface area (Å²) in [6, 6.07) is 0. The van der Waals surface area contributed by atoms with Crippen LogP contribution < -0.4 is 0 Å². The van der Waals surface area contributed by atoms with Crippen LogP contribution in [-0.4, -0.2) is 38.4 Å². The molecule has 15 heavy (non-hydrogen) atoms. The fourth-order valence-corrected chi connectivity index (χ4v) is 0.867. The van der Waals surface area contributed by atoms with E-state index in [1.165, 1.54) is 20.6 Å². The molecule has 2 atom stereocenters. The van der Waals surface area contributed by atoms with E-state index in [1.54, 1.807) is 13.8 Å². The molecule has 0 aliphatic carbocycles. The van der Waals surface area contributed by atoms with Crippen molar-refractivity contribution in [3.63, 3.8) is 0 Å². The van der Waals surface area contributed by atoms with E-state index < -0.39 is 18.0 Å². The molecule has 87 valence electrons. The number of carbonyl (C=O) groups excluding carboxylic acids is 2. The predicted molar refractivity (Wildman–Crippen MR) is 53.0 cm³/mol. The molecule has 0 amide bonds. The maximum Gasteiger partial charge on any atom is 0.313 e. The normalized spacial score (nSPS) is 14.1. The van der Waals surface area contributed by atoms with E-state index in [0.29, 0.717) is 0 Å². The molecule has 0 rings (SSSR count). The molecule has 2 unspecified atom stereocenters. The van der Waals surface area contributed by atoms with E-state index in [4.69, 9.17) is 9.47 Å². The zero-order valence-electron chi connectivity index (χ0n) is 9.48. The summed E-state index contributed by atoms with van der Waals surface area (Å²) in [6.45, 7) is 3.35. The highest BCUT2D eigenvalue weighted by atomic mass is 16.6. The third kappa shape index (κ3) is 6.90. The van der Waals surface area contributed by atoms with E-state index >= 15 is 0 Å². The molecule has 0 aromatic rings. The lowest BCUT2D eigenvalue weighted by Crippen LogP contribution is -2.22. The van der Waals surface area contributed by atoms with Gasteiger partial charge in [-0.15, -0.1) is 0 Å². The van der Waals surface area contributed by atoms with Crippen molar-refractivity contribution in [2.75, 3.05) is 14.2 Å². The monoisotopic (exact) mass is 217 g/mol. The summed E-state index contributed by atoms with van der Waals surface area (Å²) >= 11 is 0. The van der Waals surface area contributed by atoms with Gasteiger partial charge >= 0.3 is 11.9 Å². The van der Waals surface area contributed by atoms with Crippen LogP contribution in [0.3, 0.4) is 0 Å². The molecule has 0 saturated heterocycles. The Hall–Kier alpha value is -1.10. The second-order valence-electron chi connectivity index (χ2n) is 3.14. The van der Waals surface area contributed by atoms with Crippen molar-refractivity contribution in [1.82, 2.24) is 0 Å². The van der Waals surface area contributed by atoms with Gasteiger partial charge in [-0.3, -0.25) is 9.59 Å². The predicted octanol–water partition coefficient (Wildman–Crippen LogP) is 0.720. The lowest BCUT2D eigenvalue weighted by Gasteiger charge is -2.13. The van der Waals surface area contributed by atoms with Crippen LogP contribution in [0.2, 0.25) is 0 Å². The minimum Gasteiger partial charge on any atom is -0.469 e. The van der Waals surface area contributed by atoms with Crippen LogP contribution >= 0.6 is 0 Å². The molecule has 0 bridgehead atoms. The van der Waals surface area contributed by atoms with Crippen molar-refractivity contribution in [3.8, 4) is 0 Å². The summed E-state index contributed by atoms with van der Waals surface area (Å²) in [6.07, 6.45) is 0.572. The molecule has 0 aliphatic heterocycles. The second kappa shape index (κ2) is 7.23. The number of rotatable bonds is 6. The summed E-state index contributed by atoms with van der Waals surface area (Å²) < 4.78 is 14.2. The summed E-state index contributed by atoms with van der Waals surface area (Å²) in [5, 5.41) is 0. The molecule has 1 radical (unpaired) electrons. The highest BCUT2D eigenvalue weighted by Crippen LogP contribution is 2.03. The van der Waals surface area contributed by atoms with Crippen LogP contribution in [0, 0.1) is 6.42 Å². The minimum absolute atomic E-state index is 0.163. The van der Waals surface area contributed by atoms with Gasteiger partial charge in [0.1, 0.15) is 12.5 Å². The van der Waals surface area contributed by atoms with E-state index in [1.807, 2.05) is 0 Å². The van der Waals surface area contributed by atoms with Crippen LogP contribution in [0.4, 0.5) is 0 Å². The van der Waals surface area contributed by atoms with E-state index in [-0.39, 0.29) is 12.5 Å². The highest BCUT2D eigenvalue weighted by molar-refractivity contribution is 5.80. The van der Waals surface area contributed by atoms with Gasteiger partial charge in [0.05, 0.1) is 19.6 Å². The molecule has 0 saturated carbocycles. The summed E-state index contributed by atoms with van der Waals surface area (Å²) in [5.41, 5.74) is 0. The van der Waals surface area contributed by atoms with Gasteiger partial charge in [0.15, 0.2) is 0 Å². The SMILES string of the molecule is COC(=O)[CH]C(C)OC(=O)CC(C)OC. The van der Waals surface area contributed by atoms with Gasteiger partial charge in [-0.05, 0) is 13.8 Å². The minimum atomic E-state index is -0.589. The fourth-order valence-electron chi connectivity index (χ4n) is 0.867. The van der Waals surface area contributed by atoms with Crippen molar-refractivity contribution < 1.29 is 23.8 Å². The van der Waals surface area contributed by atoms with Crippen LogP contribution in [0.25, 0.3) is 0 Å². The quantitative estimate of drug-likeness (QED) is 0.613. The number of hydrogen-bond donors (Lipinski definition) is 0. The third-order valence-electron chi connectivity index (χ3n) is 1.75. The maximum atomic E-state index is 11.2. The van der Waals surface area contributed by atoms with Gasteiger partial charge in [0, 0.05) is 7.11 Å². The van der Waals surface area contributed by atoms with Crippen LogP contribution in [0.15, 0.2) is 0 Å². The first kappa shape index (κ1) is 13.9. The summed E-state index contributed by atoms with van der Waals surface area (Å²) in [5.74, 6) is -0.924. The van der Waals surface area contributed by atoms with E-state index in [9.17, 15) is 9.59 Å². The molecule has 5 heteroatoms. The Morgan fingerprint density at radius 3 is 2.33 bits per heavy atom. The summed E-state index contributed by atoms with van der Waals surface area (Å²) in [4.78, 5) is 22.0. The van der Waals surface area contributed by atoms with Gasteiger partial charge in [-0.2, -0.15) is 0 Å². The zero-order chi connectivity index (χ0) is 11.8. The zero-order valence-corrected chi connectivity index (χ0v) is 9.48. The Balaban J connectivity index is 3.81. The molecule has 0 fully saturated rings. The molecular weight excluding hydrogens is 200 g/mol. The van der Waals surface area contributed by atoms with Crippen molar-refractivity contribution in [2.24, 2.45) is 0 Å². The Kier molecular flexibility index (Phi) is 6.70. The Labute approximate surface area is 89.7 Å². The van der Waals surface area contributed by atoms with Gasteiger partial charge in [0.25, 0.3) is 0 Å². The number of hydrogen-bond acceptors (Lipinski definition) is 5. The molecular formula is C10H17O5. The Morgan fingerprint density at radius 2 is 1.87 bits per heavy atom. The average molecular weight is 217 g/mol. The Morgan fingerprint density at radius 1 is 1.27 bits per heavy atom. The van der Waals surface area contributed by atoms with Crippen molar-refractivity contribution in [1.29, 1.82) is 0 Å². The second-order valence-corrected chi connectivity index (χ2v) is 3.14. The third-order valence-corrected chi connectivity index (χ3v) is 1.75. The first-order valence-electron chi connectivity index (χ1n) is 4.64. The molecule has 0 aromatic carbocycles. The van der Waals surface area contributed by atoms with Gasteiger partial charge in [-0.25, -0.2) is 0 Å². The van der Waals surface area contributed by atoms with Crippen molar-refractivity contribution >= 4 is 11.9 Å². The largest absolute Gasteiger partial charge is 0.469 e. The van der Waals surface area contributed by atoms with Gasteiger partial charge < -0.3 is 14.2 Å². The number of carbonyl (C=O) groups is 2. The lowest BCUT2D eigenvalue weighted by molar-refractivity contribution is -0.150. The molecule has 0 aliphatic rings. The molecule has 0 aromatic heterocycles. The lowest BCUT2D eigenvalue weighted by atomic mass is 10.2. The van der Waals surface area contributed by atoms with Crippen molar-refractivity contribution in [2.45, 2.75) is 32.5 Å². The number of esters is 2. The van der Waals surface area contributed by atoms with Crippen LogP contribution in [0.1, 0.15) is 20.3 Å². The topological polar surface area (TPSA) is 61.8 Å². The van der Waals surface area contributed by atoms with E-state index in [0.717, 1.165) is 0 Å². The van der Waals surface area contributed by atoms with Crippen molar-refractivity contribution in [3.05, 3.63) is 6.42 Å². The molecule has 0 heterocycles. The molecule has 5 nitrogen and oxygen atoms in total. The number of methoxy groups -OCH3 is 2. The smallest absolute Gasteiger partial charge is 0.313 e. The first-order valence-corrected chi connectivity index (χ1v) is 4.64. The number of ether oxygens (including phenoxy) is 3. The highest BCUT2D eigenvalue weighted by Gasteiger charge is 2.16. The van der Waals surface area contributed by atoms with E-state index in [2.05, 4.69) is 4.74 Å². The molecule has 0 spiro atoms. The van der Waals surface area contributed by atoms with Crippen LogP contribution in [0.5, 0.6) is 0 Å².